The average Bonchev–Trinajstić information content (AvgIpc) is 2.85. The van der Waals surface area contributed by atoms with E-state index in [1.165, 1.54) is 23.9 Å². The first-order valence-corrected chi connectivity index (χ1v) is 7.31. The lowest BCUT2D eigenvalue weighted by Crippen LogP contribution is -2.26. The third kappa shape index (κ3) is 3.80. The van der Waals surface area contributed by atoms with Gasteiger partial charge in [0.25, 0.3) is 0 Å². The number of nitrogens with zero attached hydrogens (tertiary/aromatic N) is 2. The molecule has 4 nitrogen and oxygen atoms in total. The Morgan fingerprint density at radius 2 is 1.95 bits per heavy atom. The van der Waals surface area contributed by atoms with Crippen LogP contribution < -0.4 is 5.73 Å². The summed E-state index contributed by atoms with van der Waals surface area (Å²) in [6.07, 6.45) is 0. The molecule has 1 aromatic carbocycles. The van der Waals surface area contributed by atoms with Crippen LogP contribution in [0.15, 0.2) is 33.7 Å². The maximum atomic E-state index is 12.8. The fourth-order valence-electron chi connectivity index (χ4n) is 1.50. The van der Waals surface area contributed by atoms with Crippen LogP contribution in [-0.2, 0) is 5.75 Å². The van der Waals surface area contributed by atoms with Crippen molar-refractivity contribution in [3.63, 3.8) is 0 Å². The van der Waals surface area contributed by atoms with E-state index >= 15 is 0 Å². The Morgan fingerprint density at radius 3 is 2.55 bits per heavy atom. The minimum Gasteiger partial charge on any atom is -0.338 e. The number of rotatable bonds is 4. The van der Waals surface area contributed by atoms with Crippen molar-refractivity contribution in [2.24, 2.45) is 11.1 Å². The highest BCUT2D eigenvalue weighted by Crippen LogP contribution is 2.30. The molecule has 0 aliphatic heterocycles. The van der Waals surface area contributed by atoms with E-state index in [1.807, 2.05) is 20.8 Å². The molecule has 0 bridgehead atoms. The van der Waals surface area contributed by atoms with Gasteiger partial charge >= 0.3 is 0 Å². The predicted molar refractivity (Wildman–Crippen MR) is 76.6 cm³/mol. The van der Waals surface area contributed by atoms with Gasteiger partial charge in [-0.15, -0.1) is 11.8 Å². The zero-order valence-corrected chi connectivity index (χ0v) is 12.6. The van der Waals surface area contributed by atoms with Gasteiger partial charge in [0.1, 0.15) is 5.82 Å². The van der Waals surface area contributed by atoms with E-state index < -0.39 is 0 Å². The summed E-state index contributed by atoms with van der Waals surface area (Å²) in [5.74, 6) is 1.36. The second-order valence-corrected chi connectivity index (χ2v) is 6.68. The Bertz CT molecular complexity index is 563. The standard InChI is InChI=1S/C14H18FN3OS/c1-14(2,3)12(16)13-17-11(18-19-13)8-20-10-6-4-9(15)5-7-10/h4-7,12H,8,16H2,1-3H3/t12-/m1/s1. The van der Waals surface area contributed by atoms with E-state index in [2.05, 4.69) is 10.1 Å². The van der Waals surface area contributed by atoms with E-state index in [4.69, 9.17) is 10.3 Å². The molecule has 0 amide bonds. The predicted octanol–water partition coefficient (Wildman–Crippen LogP) is 3.55. The van der Waals surface area contributed by atoms with Crippen molar-refractivity contribution >= 4 is 11.8 Å². The van der Waals surface area contributed by atoms with Crippen LogP contribution in [0, 0.1) is 11.2 Å². The van der Waals surface area contributed by atoms with Crippen LogP contribution in [0.5, 0.6) is 0 Å². The van der Waals surface area contributed by atoms with Crippen molar-refractivity contribution in [2.45, 2.75) is 37.5 Å². The zero-order valence-electron chi connectivity index (χ0n) is 11.8. The molecule has 0 radical (unpaired) electrons. The van der Waals surface area contributed by atoms with Gasteiger partial charge in [-0.3, -0.25) is 0 Å². The number of halogens is 1. The van der Waals surface area contributed by atoms with Gasteiger partial charge in [0.15, 0.2) is 5.82 Å². The van der Waals surface area contributed by atoms with Gasteiger partial charge in [0.2, 0.25) is 5.89 Å². The lowest BCUT2D eigenvalue weighted by molar-refractivity contribution is 0.252. The van der Waals surface area contributed by atoms with Crippen molar-refractivity contribution < 1.29 is 8.91 Å². The van der Waals surface area contributed by atoms with Gasteiger partial charge in [0, 0.05) is 4.90 Å². The highest BCUT2D eigenvalue weighted by molar-refractivity contribution is 7.98. The lowest BCUT2D eigenvalue weighted by Gasteiger charge is -2.23. The van der Waals surface area contributed by atoms with Crippen molar-refractivity contribution in [1.29, 1.82) is 0 Å². The zero-order chi connectivity index (χ0) is 14.8. The van der Waals surface area contributed by atoms with E-state index in [-0.39, 0.29) is 17.3 Å². The van der Waals surface area contributed by atoms with Crippen molar-refractivity contribution in [3.05, 3.63) is 41.8 Å². The summed E-state index contributed by atoms with van der Waals surface area (Å²) in [4.78, 5) is 5.27. The Morgan fingerprint density at radius 1 is 1.30 bits per heavy atom. The molecule has 1 aromatic heterocycles. The molecule has 2 aromatic rings. The first kappa shape index (κ1) is 15.0. The fourth-order valence-corrected chi connectivity index (χ4v) is 2.24. The monoisotopic (exact) mass is 295 g/mol. The molecule has 0 saturated heterocycles. The molecule has 108 valence electrons. The van der Waals surface area contributed by atoms with Gasteiger partial charge in [-0.1, -0.05) is 25.9 Å². The third-order valence-corrected chi connectivity index (χ3v) is 3.87. The first-order valence-electron chi connectivity index (χ1n) is 6.32. The van der Waals surface area contributed by atoms with Gasteiger partial charge in [0.05, 0.1) is 11.8 Å². The minimum absolute atomic E-state index is 0.131. The van der Waals surface area contributed by atoms with Crippen LogP contribution in [0.1, 0.15) is 38.5 Å². The SMILES string of the molecule is CC(C)(C)[C@H](N)c1nc(CSc2ccc(F)cc2)no1. The third-order valence-electron chi connectivity index (χ3n) is 2.86. The molecule has 2 rings (SSSR count). The molecule has 1 atom stereocenters. The van der Waals surface area contributed by atoms with Crippen molar-refractivity contribution in [1.82, 2.24) is 10.1 Å². The molecule has 0 saturated carbocycles. The smallest absolute Gasteiger partial charge is 0.244 e. The Hall–Kier alpha value is -1.40. The molecule has 1 heterocycles. The number of aromatic nitrogens is 2. The molecular weight excluding hydrogens is 277 g/mol. The molecular formula is C14H18FN3OS. The quantitative estimate of drug-likeness (QED) is 0.874. The van der Waals surface area contributed by atoms with Gasteiger partial charge < -0.3 is 10.3 Å². The number of thioether (sulfide) groups is 1. The van der Waals surface area contributed by atoms with E-state index in [1.54, 1.807) is 12.1 Å². The van der Waals surface area contributed by atoms with Crippen molar-refractivity contribution in [2.75, 3.05) is 0 Å². The molecule has 2 N–H and O–H groups in total. The second kappa shape index (κ2) is 5.93. The number of nitrogens with two attached hydrogens (primary N) is 1. The Labute approximate surface area is 121 Å². The lowest BCUT2D eigenvalue weighted by atomic mass is 9.87. The number of hydrogen-bond donors (Lipinski definition) is 1. The Kier molecular flexibility index (Phi) is 4.45. The largest absolute Gasteiger partial charge is 0.338 e. The summed E-state index contributed by atoms with van der Waals surface area (Å²) in [5.41, 5.74) is 5.93. The average molecular weight is 295 g/mol. The molecule has 0 fully saturated rings. The van der Waals surface area contributed by atoms with E-state index in [0.717, 1.165) is 4.90 Å². The topological polar surface area (TPSA) is 64.9 Å². The summed E-state index contributed by atoms with van der Waals surface area (Å²) in [6, 6.07) is 6.02. The summed E-state index contributed by atoms with van der Waals surface area (Å²) < 4.78 is 18.0. The summed E-state index contributed by atoms with van der Waals surface area (Å²) in [5, 5.41) is 3.92. The van der Waals surface area contributed by atoms with Crippen LogP contribution >= 0.6 is 11.8 Å². The van der Waals surface area contributed by atoms with Gasteiger partial charge in [-0.25, -0.2) is 4.39 Å². The highest BCUT2D eigenvalue weighted by Gasteiger charge is 2.27. The summed E-state index contributed by atoms with van der Waals surface area (Å²) >= 11 is 1.52. The minimum atomic E-state index is -0.292. The summed E-state index contributed by atoms with van der Waals surface area (Å²) in [7, 11) is 0. The second-order valence-electron chi connectivity index (χ2n) is 5.64. The number of hydrogen-bond acceptors (Lipinski definition) is 5. The van der Waals surface area contributed by atoms with Crippen LogP contribution in [0.4, 0.5) is 4.39 Å². The Balaban J connectivity index is 1.98. The summed E-state index contributed by atoms with van der Waals surface area (Å²) in [6.45, 7) is 6.07. The normalized spacial score (nSPS) is 13.4. The maximum absolute atomic E-state index is 12.8. The molecule has 0 aliphatic rings. The van der Waals surface area contributed by atoms with Crippen LogP contribution in [-0.4, -0.2) is 10.1 Å². The van der Waals surface area contributed by atoms with E-state index in [0.29, 0.717) is 17.5 Å². The fraction of sp³-hybridized carbons (Fsp3) is 0.429. The van der Waals surface area contributed by atoms with Crippen molar-refractivity contribution in [3.8, 4) is 0 Å². The maximum Gasteiger partial charge on any atom is 0.244 e. The molecule has 0 spiro atoms. The first-order chi connectivity index (χ1) is 9.36. The molecule has 20 heavy (non-hydrogen) atoms. The molecule has 6 heteroatoms. The van der Waals surface area contributed by atoms with Crippen LogP contribution in [0.3, 0.4) is 0 Å². The van der Waals surface area contributed by atoms with Gasteiger partial charge in [-0.2, -0.15) is 4.98 Å². The molecule has 0 unspecified atom stereocenters. The highest BCUT2D eigenvalue weighted by atomic mass is 32.2. The number of benzene rings is 1. The van der Waals surface area contributed by atoms with Crippen LogP contribution in [0.25, 0.3) is 0 Å². The van der Waals surface area contributed by atoms with E-state index in [9.17, 15) is 4.39 Å². The van der Waals surface area contributed by atoms with Crippen LogP contribution in [0.2, 0.25) is 0 Å². The van der Waals surface area contributed by atoms with Gasteiger partial charge in [-0.05, 0) is 29.7 Å². The molecule has 0 aliphatic carbocycles.